The Morgan fingerprint density at radius 1 is 1.15 bits per heavy atom. The molecule has 0 radical (unpaired) electrons. The zero-order chi connectivity index (χ0) is 19.6. The molecule has 7 nitrogen and oxygen atoms in total. The summed E-state index contributed by atoms with van der Waals surface area (Å²) in [4.78, 5) is 38.7. The van der Waals surface area contributed by atoms with E-state index >= 15 is 0 Å². The normalized spacial score (nSPS) is 17.0. The van der Waals surface area contributed by atoms with Gasteiger partial charge in [0.15, 0.2) is 0 Å². The van der Waals surface area contributed by atoms with E-state index in [0.717, 1.165) is 29.5 Å². The van der Waals surface area contributed by atoms with E-state index in [-0.39, 0.29) is 23.1 Å². The summed E-state index contributed by atoms with van der Waals surface area (Å²) in [7, 11) is 3.12. The van der Waals surface area contributed by atoms with Crippen LogP contribution in [0.1, 0.15) is 24.0 Å². The van der Waals surface area contributed by atoms with Crippen molar-refractivity contribution in [3.05, 3.63) is 62.3 Å². The van der Waals surface area contributed by atoms with Crippen molar-refractivity contribution in [3.8, 4) is 0 Å². The fourth-order valence-electron chi connectivity index (χ4n) is 3.46. The zero-order valence-corrected chi connectivity index (χ0v) is 16.1. The van der Waals surface area contributed by atoms with Crippen molar-refractivity contribution >= 4 is 11.7 Å². The van der Waals surface area contributed by atoms with Crippen molar-refractivity contribution in [2.75, 3.05) is 18.0 Å². The molecule has 1 N–H and O–H groups in total. The molecule has 2 aromatic rings. The maximum atomic E-state index is 12.6. The predicted molar refractivity (Wildman–Crippen MR) is 105 cm³/mol. The van der Waals surface area contributed by atoms with Crippen LogP contribution in [-0.4, -0.2) is 28.1 Å². The Bertz CT molecular complexity index is 943. The standard InChI is InChI=1S/C20H26N4O3/c1-14-6-8-15(9-7-14)12-21-19(26)16-5-4-10-24(13-16)17-11-18(25)23(3)20(27)22(17)2/h6-9,11,16H,4-5,10,12-13H2,1-3H3,(H,21,26). The van der Waals surface area contributed by atoms with Crippen LogP contribution in [0.3, 0.4) is 0 Å². The molecule has 1 aromatic heterocycles. The highest BCUT2D eigenvalue weighted by Gasteiger charge is 2.27. The van der Waals surface area contributed by atoms with Crippen LogP contribution in [0.15, 0.2) is 39.9 Å². The SMILES string of the molecule is Cc1ccc(CNC(=O)C2CCCN(c3cc(=O)n(C)c(=O)n3C)C2)cc1. The molecule has 2 heterocycles. The molecule has 27 heavy (non-hydrogen) atoms. The Kier molecular flexibility index (Phi) is 5.48. The topological polar surface area (TPSA) is 76.3 Å². The minimum Gasteiger partial charge on any atom is -0.357 e. The minimum absolute atomic E-state index is 0.00843. The lowest BCUT2D eigenvalue weighted by molar-refractivity contribution is -0.125. The number of hydrogen-bond donors (Lipinski definition) is 1. The third kappa shape index (κ3) is 4.13. The molecule has 1 aromatic carbocycles. The lowest BCUT2D eigenvalue weighted by atomic mass is 9.97. The molecule has 7 heteroatoms. The summed E-state index contributed by atoms with van der Waals surface area (Å²) < 4.78 is 2.55. The van der Waals surface area contributed by atoms with Crippen molar-refractivity contribution in [2.45, 2.75) is 26.3 Å². The number of hydrogen-bond acceptors (Lipinski definition) is 4. The van der Waals surface area contributed by atoms with Crippen molar-refractivity contribution in [2.24, 2.45) is 20.0 Å². The van der Waals surface area contributed by atoms with E-state index in [2.05, 4.69) is 5.32 Å². The highest BCUT2D eigenvalue weighted by Crippen LogP contribution is 2.21. The third-order valence-electron chi connectivity index (χ3n) is 5.20. The summed E-state index contributed by atoms with van der Waals surface area (Å²) in [6.45, 7) is 3.76. The number of benzene rings is 1. The van der Waals surface area contributed by atoms with Crippen LogP contribution in [0.5, 0.6) is 0 Å². The molecule has 144 valence electrons. The van der Waals surface area contributed by atoms with Crippen LogP contribution >= 0.6 is 0 Å². The van der Waals surface area contributed by atoms with Crippen molar-refractivity contribution < 1.29 is 4.79 Å². The summed E-state index contributed by atoms with van der Waals surface area (Å²) in [6, 6.07) is 9.55. The molecule has 0 saturated carbocycles. The first-order chi connectivity index (χ1) is 12.9. The number of aromatic nitrogens is 2. The first-order valence-corrected chi connectivity index (χ1v) is 9.22. The molecule has 1 saturated heterocycles. The maximum Gasteiger partial charge on any atom is 0.332 e. The summed E-state index contributed by atoms with van der Waals surface area (Å²) in [5.41, 5.74) is 1.56. The Hall–Kier alpha value is -2.83. The third-order valence-corrected chi connectivity index (χ3v) is 5.20. The van der Waals surface area contributed by atoms with Gasteiger partial charge in [-0.05, 0) is 25.3 Å². The predicted octanol–water partition coefficient (Wildman–Crippen LogP) is 0.925. The number of carbonyl (C=O) groups excluding carboxylic acids is 1. The molecule has 0 spiro atoms. The number of nitrogens with one attached hydrogen (secondary N) is 1. The monoisotopic (exact) mass is 370 g/mol. The lowest BCUT2D eigenvalue weighted by Gasteiger charge is -2.34. The van der Waals surface area contributed by atoms with E-state index in [1.165, 1.54) is 23.2 Å². The number of anilines is 1. The van der Waals surface area contributed by atoms with E-state index in [0.29, 0.717) is 18.9 Å². The van der Waals surface area contributed by atoms with Gasteiger partial charge in [0.25, 0.3) is 5.56 Å². The Morgan fingerprint density at radius 2 is 1.85 bits per heavy atom. The first kappa shape index (κ1) is 18.9. The molecule has 0 aliphatic carbocycles. The smallest absolute Gasteiger partial charge is 0.332 e. The highest BCUT2D eigenvalue weighted by molar-refractivity contribution is 5.79. The number of piperidine rings is 1. The van der Waals surface area contributed by atoms with Gasteiger partial charge in [-0.2, -0.15) is 0 Å². The second-order valence-corrected chi connectivity index (χ2v) is 7.23. The summed E-state index contributed by atoms with van der Waals surface area (Å²) in [5.74, 6) is 0.414. The van der Waals surface area contributed by atoms with Crippen LogP contribution in [0, 0.1) is 12.8 Å². The van der Waals surface area contributed by atoms with E-state index < -0.39 is 0 Å². The molecular weight excluding hydrogens is 344 g/mol. The minimum atomic E-state index is -0.358. The molecule has 1 amide bonds. The maximum absolute atomic E-state index is 12.6. The lowest BCUT2D eigenvalue weighted by Crippen LogP contribution is -2.46. The zero-order valence-electron chi connectivity index (χ0n) is 16.1. The van der Waals surface area contributed by atoms with Gasteiger partial charge in [-0.15, -0.1) is 0 Å². The largest absolute Gasteiger partial charge is 0.357 e. The number of aryl methyl sites for hydroxylation is 1. The molecule has 1 aliphatic heterocycles. The van der Waals surface area contributed by atoms with Crippen molar-refractivity contribution in [3.63, 3.8) is 0 Å². The number of carbonyl (C=O) groups is 1. The highest BCUT2D eigenvalue weighted by atomic mass is 16.2. The van der Waals surface area contributed by atoms with Crippen LogP contribution in [0.25, 0.3) is 0 Å². The molecule has 3 rings (SSSR count). The molecule has 1 unspecified atom stereocenters. The average molecular weight is 370 g/mol. The van der Waals surface area contributed by atoms with Crippen molar-refractivity contribution in [1.29, 1.82) is 0 Å². The van der Waals surface area contributed by atoms with E-state index in [1.807, 2.05) is 36.1 Å². The van der Waals surface area contributed by atoms with E-state index in [4.69, 9.17) is 0 Å². The van der Waals surface area contributed by atoms with Crippen LogP contribution in [-0.2, 0) is 25.4 Å². The van der Waals surface area contributed by atoms with Gasteiger partial charge in [-0.25, -0.2) is 4.79 Å². The number of amides is 1. The first-order valence-electron chi connectivity index (χ1n) is 9.22. The van der Waals surface area contributed by atoms with Gasteiger partial charge in [-0.3, -0.25) is 18.7 Å². The van der Waals surface area contributed by atoms with Crippen LogP contribution in [0.2, 0.25) is 0 Å². The van der Waals surface area contributed by atoms with Crippen LogP contribution < -0.4 is 21.5 Å². The molecule has 0 bridgehead atoms. The quantitative estimate of drug-likeness (QED) is 0.869. The second-order valence-electron chi connectivity index (χ2n) is 7.23. The molecular formula is C20H26N4O3. The molecule has 1 fully saturated rings. The summed E-state index contributed by atoms with van der Waals surface area (Å²) in [5, 5.41) is 3.01. The van der Waals surface area contributed by atoms with Gasteiger partial charge in [-0.1, -0.05) is 29.8 Å². The van der Waals surface area contributed by atoms with Gasteiger partial charge in [0, 0.05) is 39.8 Å². The Balaban J connectivity index is 1.69. The number of nitrogens with zero attached hydrogens (tertiary/aromatic N) is 3. The Labute approximate surface area is 158 Å². The van der Waals surface area contributed by atoms with Crippen molar-refractivity contribution in [1.82, 2.24) is 14.5 Å². The number of rotatable bonds is 4. The fourth-order valence-corrected chi connectivity index (χ4v) is 3.46. The summed E-state index contributed by atoms with van der Waals surface area (Å²) in [6.07, 6.45) is 1.64. The Morgan fingerprint density at radius 3 is 2.56 bits per heavy atom. The second kappa shape index (κ2) is 7.82. The van der Waals surface area contributed by atoms with Gasteiger partial charge in [0.2, 0.25) is 5.91 Å². The van der Waals surface area contributed by atoms with Gasteiger partial charge >= 0.3 is 5.69 Å². The van der Waals surface area contributed by atoms with E-state index in [9.17, 15) is 14.4 Å². The van der Waals surface area contributed by atoms with Gasteiger partial charge < -0.3 is 10.2 Å². The molecule has 1 atom stereocenters. The van der Waals surface area contributed by atoms with Gasteiger partial charge in [0.05, 0.1) is 5.92 Å². The van der Waals surface area contributed by atoms with E-state index in [1.54, 1.807) is 7.05 Å². The average Bonchev–Trinajstić information content (AvgIpc) is 2.68. The molecule has 1 aliphatic rings. The van der Waals surface area contributed by atoms with Crippen LogP contribution in [0.4, 0.5) is 5.82 Å². The summed E-state index contributed by atoms with van der Waals surface area (Å²) >= 11 is 0. The van der Waals surface area contributed by atoms with Gasteiger partial charge in [0.1, 0.15) is 5.82 Å². The fraction of sp³-hybridized carbons (Fsp3) is 0.450.